The van der Waals surface area contributed by atoms with E-state index in [1.807, 2.05) is 0 Å². The molecule has 38 heavy (non-hydrogen) atoms. The molecule has 4 nitrogen and oxygen atoms in total. The normalized spacial score (nSPS) is 12.3. The third kappa shape index (κ3) is 29.2. The number of hydrogen-bond donors (Lipinski definition) is 1. The summed E-state index contributed by atoms with van der Waals surface area (Å²) >= 11 is 0. The predicted octanol–water partition coefficient (Wildman–Crippen LogP) is 11.1. The van der Waals surface area contributed by atoms with Crippen LogP contribution in [0.2, 0.25) is 0 Å². The second-order valence-corrected chi connectivity index (χ2v) is 11.3. The maximum Gasteiger partial charge on any atom is 0.306 e. The number of carbonyl (C=O) groups excluding carboxylic acids is 1. The lowest BCUT2D eigenvalue weighted by Crippen LogP contribution is -2.18. The van der Waals surface area contributed by atoms with Crippen molar-refractivity contribution in [3.05, 3.63) is 12.2 Å². The molecule has 0 aromatic carbocycles. The van der Waals surface area contributed by atoms with Gasteiger partial charge in [-0.25, -0.2) is 0 Å². The minimum Gasteiger partial charge on any atom is -0.481 e. The lowest BCUT2D eigenvalue weighted by Gasteiger charge is -2.18. The molecule has 1 atom stereocenters. The fraction of sp³-hybridized carbons (Fsp3) is 0.882. The van der Waals surface area contributed by atoms with Gasteiger partial charge in [0, 0.05) is 12.8 Å². The SMILES string of the molecule is CCCCCC/C=C\CCCCCCCC(=O)O[C@@H](CCCCC)CCCCCCCCCCCC(=O)O. The van der Waals surface area contributed by atoms with Gasteiger partial charge >= 0.3 is 11.9 Å². The van der Waals surface area contributed by atoms with Crippen LogP contribution in [-0.4, -0.2) is 23.1 Å². The van der Waals surface area contributed by atoms with Crippen molar-refractivity contribution in [3.8, 4) is 0 Å². The fourth-order valence-corrected chi connectivity index (χ4v) is 5.00. The number of unbranched alkanes of at least 4 members (excludes halogenated alkanes) is 19. The van der Waals surface area contributed by atoms with Crippen molar-refractivity contribution in [1.82, 2.24) is 0 Å². The van der Waals surface area contributed by atoms with Gasteiger partial charge in [0.1, 0.15) is 6.10 Å². The molecule has 0 bridgehead atoms. The number of carbonyl (C=O) groups is 2. The highest BCUT2D eigenvalue weighted by Gasteiger charge is 2.14. The first-order valence-electron chi connectivity index (χ1n) is 16.7. The number of allylic oxidation sites excluding steroid dienone is 2. The van der Waals surface area contributed by atoms with Crippen molar-refractivity contribution < 1.29 is 19.4 Å². The van der Waals surface area contributed by atoms with E-state index in [0.29, 0.717) is 12.8 Å². The molecule has 0 amide bonds. The molecule has 0 unspecified atom stereocenters. The number of aliphatic carboxylic acids is 1. The molecule has 0 fully saturated rings. The third-order valence-electron chi connectivity index (χ3n) is 7.49. The van der Waals surface area contributed by atoms with Crippen LogP contribution in [0.1, 0.15) is 187 Å². The molecule has 0 aliphatic heterocycles. The summed E-state index contributed by atoms with van der Waals surface area (Å²) in [7, 11) is 0. The van der Waals surface area contributed by atoms with E-state index in [-0.39, 0.29) is 12.1 Å². The smallest absolute Gasteiger partial charge is 0.306 e. The zero-order valence-corrected chi connectivity index (χ0v) is 25.5. The summed E-state index contributed by atoms with van der Waals surface area (Å²) in [6, 6.07) is 0. The van der Waals surface area contributed by atoms with Crippen LogP contribution < -0.4 is 0 Å². The van der Waals surface area contributed by atoms with Crippen LogP contribution in [0.4, 0.5) is 0 Å². The van der Waals surface area contributed by atoms with E-state index in [2.05, 4.69) is 26.0 Å². The van der Waals surface area contributed by atoms with E-state index in [0.717, 1.165) is 57.8 Å². The molecule has 0 spiro atoms. The second-order valence-electron chi connectivity index (χ2n) is 11.3. The van der Waals surface area contributed by atoms with E-state index >= 15 is 0 Å². The highest BCUT2D eigenvalue weighted by Crippen LogP contribution is 2.18. The molecule has 0 aromatic heterocycles. The Kier molecular flexibility index (Phi) is 29.2. The second kappa shape index (κ2) is 30.2. The average Bonchev–Trinajstić information content (AvgIpc) is 2.89. The maximum atomic E-state index is 12.4. The van der Waals surface area contributed by atoms with Crippen LogP contribution in [0.5, 0.6) is 0 Å². The van der Waals surface area contributed by atoms with Crippen molar-refractivity contribution in [1.29, 1.82) is 0 Å². The number of ether oxygens (including phenoxy) is 1. The Hall–Kier alpha value is -1.32. The first-order chi connectivity index (χ1) is 18.6. The van der Waals surface area contributed by atoms with Gasteiger partial charge in [0.25, 0.3) is 0 Å². The van der Waals surface area contributed by atoms with E-state index in [1.165, 1.54) is 103 Å². The minimum absolute atomic E-state index is 0.0143. The largest absolute Gasteiger partial charge is 0.481 e. The van der Waals surface area contributed by atoms with Gasteiger partial charge < -0.3 is 9.84 Å². The van der Waals surface area contributed by atoms with Gasteiger partial charge in [-0.1, -0.05) is 122 Å². The Bertz CT molecular complexity index is 543. The first kappa shape index (κ1) is 36.7. The van der Waals surface area contributed by atoms with Gasteiger partial charge in [-0.05, 0) is 64.2 Å². The standard InChI is InChI=1S/C34H64O4/c1-3-5-7-8-9-10-11-12-13-17-20-23-27-31-34(37)38-32(28-24-6-4-2)29-25-21-18-15-14-16-19-22-26-30-33(35)36/h10-11,32H,3-9,12-31H2,1-2H3,(H,35,36)/b11-10-/t32-/m0/s1. The van der Waals surface area contributed by atoms with Crippen LogP contribution >= 0.6 is 0 Å². The van der Waals surface area contributed by atoms with E-state index < -0.39 is 5.97 Å². The Morgan fingerprint density at radius 1 is 0.553 bits per heavy atom. The van der Waals surface area contributed by atoms with E-state index in [9.17, 15) is 9.59 Å². The third-order valence-corrected chi connectivity index (χ3v) is 7.49. The summed E-state index contributed by atoms with van der Waals surface area (Å²) in [6.45, 7) is 4.48. The summed E-state index contributed by atoms with van der Waals surface area (Å²) in [5, 5.41) is 8.67. The summed E-state index contributed by atoms with van der Waals surface area (Å²) in [4.78, 5) is 23.0. The monoisotopic (exact) mass is 536 g/mol. The van der Waals surface area contributed by atoms with Crippen molar-refractivity contribution in [3.63, 3.8) is 0 Å². The van der Waals surface area contributed by atoms with Gasteiger partial charge in [0.15, 0.2) is 0 Å². The summed E-state index contributed by atoms with van der Waals surface area (Å²) < 4.78 is 5.91. The van der Waals surface area contributed by atoms with Crippen LogP contribution in [0, 0.1) is 0 Å². The topological polar surface area (TPSA) is 63.6 Å². The molecule has 0 aromatic rings. The molecule has 4 heteroatoms. The minimum atomic E-state index is -0.679. The molecule has 0 saturated carbocycles. The lowest BCUT2D eigenvalue weighted by molar-refractivity contribution is -0.150. The molecular formula is C34H64O4. The highest BCUT2D eigenvalue weighted by atomic mass is 16.5. The van der Waals surface area contributed by atoms with Crippen molar-refractivity contribution >= 4 is 11.9 Å². The first-order valence-corrected chi connectivity index (χ1v) is 16.7. The Labute approximate surface area is 236 Å². The maximum absolute atomic E-state index is 12.4. The number of carboxylic acids is 1. The molecule has 0 saturated heterocycles. The van der Waals surface area contributed by atoms with E-state index in [1.54, 1.807) is 0 Å². The summed E-state index contributed by atoms with van der Waals surface area (Å²) in [5.41, 5.74) is 0. The van der Waals surface area contributed by atoms with E-state index in [4.69, 9.17) is 9.84 Å². The zero-order chi connectivity index (χ0) is 27.9. The van der Waals surface area contributed by atoms with Crippen molar-refractivity contribution in [2.24, 2.45) is 0 Å². The summed E-state index contributed by atoms with van der Waals surface area (Å²) in [6.07, 6.45) is 35.3. The van der Waals surface area contributed by atoms with Crippen LogP contribution in [-0.2, 0) is 14.3 Å². The number of hydrogen-bond acceptors (Lipinski definition) is 3. The number of carboxylic acid groups (broad SMARTS) is 1. The predicted molar refractivity (Wildman–Crippen MR) is 163 cm³/mol. The molecule has 0 heterocycles. The lowest BCUT2D eigenvalue weighted by atomic mass is 10.0. The molecular weight excluding hydrogens is 472 g/mol. The molecule has 0 rings (SSSR count). The van der Waals surface area contributed by atoms with Crippen LogP contribution in [0.3, 0.4) is 0 Å². The van der Waals surface area contributed by atoms with Crippen molar-refractivity contribution in [2.45, 2.75) is 193 Å². The Balaban J connectivity index is 3.78. The fourth-order valence-electron chi connectivity index (χ4n) is 5.00. The quantitative estimate of drug-likeness (QED) is 0.0563. The molecule has 1 N–H and O–H groups in total. The Morgan fingerprint density at radius 3 is 1.47 bits per heavy atom. The van der Waals surface area contributed by atoms with Crippen LogP contribution in [0.15, 0.2) is 12.2 Å². The van der Waals surface area contributed by atoms with Crippen molar-refractivity contribution in [2.75, 3.05) is 0 Å². The zero-order valence-electron chi connectivity index (χ0n) is 25.5. The van der Waals surface area contributed by atoms with Gasteiger partial charge in [-0.3, -0.25) is 9.59 Å². The van der Waals surface area contributed by atoms with Gasteiger partial charge in [-0.2, -0.15) is 0 Å². The number of rotatable bonds is 30. The Morgan fingerprint density at radius 2 is 0.947 bits per heavy atom. The van der Waals surface area contributed by atoms with Crippen LogP contribution in [0.25, 0.3) is 0 Å². The molecule has 0 radical (unpaired) electrons. The van der Waals surface area contributed by atoms with Gasteiger partial charge in [-0.15, -0.1) is 0 Å². The molecule has 224 valence electrons. The highest BCUT2D eigenvalue weighted by molar-refractivity contribution is 5.69. The molecule has 0 aliphatic rings. The average molecular weight is 537 g/mol. The summed E-state index contributed by atoms with van der Waals surface area (Å²) in [5.74, 6) is -0.665. The number of esters is 1. The van der Waals surface area contributed by atoms with Gasteiger partial charge in [0.05, 0.1) is 0 Å². The molecule has 0 aliphatic carbocycles. The van der Waals surface area contributed by atoms with Gasteiger partial charge in [0.2, 0.25) is 0 Å².